The molecular formula is C28H22ClFN6O2. The van der Waals surface area contributed by atoms with Gasteiger partial charge in [-0.25, -0.2) is 19.2 Å². The maximum Gasteiger partial charge on any atom is 0.319 e. The average molecular weight is 529 g/mol. The van der Waals surface area contributed by atoms with E-state index in [-0.39, 0.29) is 11.7 Å². The molecule has 3 aromatic carbocycles. The van der Waals surface area contributed by atoms with Crippen molar-refractivity contribution in [2.45, 2.75) is 12.6 Å². The van der Waals surface area contributed by atoms with Gasteiger partial charge in [-0.15, -0.1) is 0 Å². The highest BCUT2D eigenvalue weighted by molar-refractivity contribution is 6.30. The predicted molar refractivity (Wildman–Crippen MR) is 145 cm³/mol. The molecule has 0 spiro atoms. The van der Waals surface area contributed by atoms with Gasteiger partial charge in [0.15, 0.2) is 0 Å². The second kappa shape index (κ2) is 11.1. The minimum Gasteiger partial charge on any atom is -0.329 e. The van der Waals surface area contributed by atoms with E-state index in [1.54, 1.807) is 54.9 Å². The van der Waals surface area contributed by atoms with Crippen LogP contribution < -0.4 is 16.0 Å². The smallest absolute Gasteiger partial charge is 0.319 e. The van der Waals surface area contributed by atoms with Crippen LogP contribution in [0.25, 0.3) is 11.0 Å². The summed E-state index contributed by atoms with van der Waals surface area (Å²) in [6, 6.07) is 22.4. The summed E-state index contributed by atoms with van der Waals surface area (Å²) in [6.45, 7) is 0.371. The van der Waals surface area contributed by atoms with Crippen molar-refractivity contribution >= 4 is 46.1 Å². The number of urea groups is 1. The van der Waals surface area contributed by atoms with Gasteiger partial charge in [0, 0.05) is 24.0 Å². The van der Waals surface area contributed by atoms with Crippen molar-refractivity contribution in [2.24, 2.45) is 0 Å². The van der Waals surface area contributed by atoms with E-state index in [4.69, 9.17) is 11.6 Å². The average Bonchev–Trinajstić information content (AvgIpc) is 3.33. The van der Waals surface area contributed by atoms with Gasteiger partial charge in [0.1, 0.15) is 11.6 Å². The van der Waals surface area contributed by atoms with E-state index in [0.717, 1.165) is 16.6 Å². The fraction of sp³-hybridized carbons (Fsp3) is 0.0714. The molecule has 5 rings (SSSR count). The molecule has 8 nitrogen and oxygen atoms in total. The fourth-order valence-corrected chi connectivity index (χ4v) is 4.10. The van der Waals surface area contributed by atoms with Crippen LogP contribution in [0, 0.1) is 5.82 Å². The minimum atomic E-state index is -0.490. The number of hydrogen-bond acceptors (Lipinski definition) is 4. The number of amides is 3. The van der Waals surface area contributed by atoms with Crippen LogP contribution in [0.15, 0.2) is 97.5 Å². The first-order chi connectivity index (χ1) is 18.4. The molecule has 0 saturated heterocycles. The zero-order chi connectivity index (χ0) is 26.5. The number of imidazole rings is 1. The van der Waals surface area contributed by atoms with Gasteiger partial charge >= 0.3 is 6.03 Å². The van der Waals surface area contributed by atoms with E-state index in [2.05, 4.69) is 25.9 Å². The lowest BCUT2D eigenvalue weighted by Gasteiger charge is -2.21. The largest absolute Gasteiger partial charge is 0.329 e. The first-order valence-electron chi connectivity index (χ1n) is 11.7. The molecule has 2 aromatic heterocycles. The van der Waals surface area contributed by atoms with Crippen LogP contribution in [0.2, 0.25) is 5.02 Å². The monoisotopic (exact) mass is 528 g/mol. The molecule has 0 radical (unpaired) electrons. The third kappa shape index (κ3) is 5.96. The number of rotatable bonds is 7. The molecule has 5 aromatic rings. The fourth-order valence-electron chi connectivity index (χ4n) is 3.98. The summed E-state index contributed by atoms with van der Waals surface area (Å²) >= 11 is 5.84. The van der Waals surface area contributed by atoms with Gasteiger partial charge in [-0.1, -0.05) is 41.9 Å². The van der Waals surface area contributed by atoms with Crippen LogP contribution in [0.5, 0.6) is 0 Å². The lowest BCUT2D eigenvalue weighted by atomic mass is 10.1. The van der Waals surface area contributed by atoms with Gasteiger partial charge in [-0.3, -0.25) is 4.79 Å². The first kappa shape index (κ1) is 24.9. The Morgan fingerprint density at radius 1 is 0.921 bits per heavy atom. The van der Waals surface area contributed by atoms with Crippen molar-refractivity contribution in [3.8, 4) is 0 Å². The second-order valence-electron chi connectivity index (χ2n) is 8.48. The number of nitrogens with one attached hydrogen (secondary N) is 3. The van der Waals surface area contributed by atoms with Crippen LogP contribution in [-0.4, -0.2) is 26.5 Å². The van der Waals surface area contributed by atoms with Crippen molar-refractivity contribution in [3.05, 3.63) is 119 Å². The molecule has 3 N–H and O–H groups in total. The summed E-state index contributed by atoms with van der Waals surface area (Å²) in [5, 5.41) is 8.87. The van der Waals surface area contributed by atoms with Gasteiger partial charge in [0.05, 0.1) is 28.4 Å². The van der Waals surface area contributed by atoms with Crippen LogP contribution in [0.1, 0.15) is 22.0 Å². The summed E-state index contributed by atoms with van der Waals surface area (Å²) in [6.07, 6.45) is 3.14. The van der Waals surface area contributed by atoms with Gasteiger partial charge in [0.2, 0.25) is 0 Å². The van der Waals surface area contributed by atoms with E-state index >= 15 is 0 Å². The molecule has 38 heavy (non-hydrogen) atoms. The Labute approximate surface area is 222 Å². The molecule has 0 aliphatic carbocycles. The number of carbonyl (C=O) groups is 2. The Hall–Kier alpha value is -4.76. The highest BCUT2D eigenvalue weighted by Crippen LogP contribution is 2.21. The number of carbonyl (C=O) groups excluding carboxylic acids is 2. The van der Waals surface area contributed by atoms with Crippen LogP contribution in [0.3, 0.4) is 0 Å². The summed E-state index contributed by atoms with van der Waals surface area (Å²) in [5.74, 6) is -0.404. The van der Waals surface area contributed by atoms with Gasteiger partial charge in [0.25, 0.3) is 5.91 Å². The number of pyridine rings is 1. The van der Waals surface area contributed by atoms with Crippen molar-refractivity contribution < 1.29 is 14.0 Å². The molecule has 1 atom stereocenters. The van der Waals surface area contributed by atoms with E-state index in [9.17, 15) is 14.0 Å². The van der Waals surface area contributed by atoms with E-state index in [1.807, 2.05) is 28.8 Å². The molecule has 0 fully saturated rings. The number of anilines is 2. The van der Waals surface area contributed by atoms with Gasteiger partial charge in [-0.2, -0.15) is 0 Å². The SMILES string of the molecule is O=C(Nc1cccc(C(=O)Nc2ccc(Cl)cn2)c1)NC(Cn1cnc2ccccc21)c1ccc(F)cc1. The zero-order valence-corrected chi connectivity index (χ0v) is 20.7. The maximum atomic E-state index is 13.6. The molecule has 1 unspecified atom stereocenters. The van der Waals surface area contributed by atoms with Crippen molar-refractivity contribution in [2.75, 3.05) is 10.6 Å². The van der Waals surface area contributed by atoms with Gasteiger partial charge in [-0.05, 0) is 60.2 Å². The van der Waals surface area contributed by atoms with Crippen molar-refractivity contribution in [3.63, 3.8) is 0 Å². The Morgan fingerprint density at radius 3 is 2.53 bits per heavy atom. The molecule has 0 bridgehead atoms. The number of aromatic nitrogens is 3. The van der Waals surface area contributed by atoms with Crippen LogP contribution in [-0.2, 0) is 6.54 Å². The molecule has 3 amide bonds. The number of hydrogen-bond donors (Lipinski definition) is 3. The quantitative estimate of drug-likeness (QED) is 0.240. The zero-order valence-electron chi connectivity index (χ0n) is 19.9. The first-order valence-corrected chi connectivity index (χ1v) is 12.1. The molecular weight excluding hydrogens is 507 g/mol. The number of nitrogens with zero attached hydrogens (tertiary/aromatic N) is 3. The Bertz CT molecular complexity index is 1590. The molecule has 2 heterocycles. The minimum absolute atomic E-state index is 0.333. The third-order valence-corrected chi connectivity index (χ3v) is 6.06. The molecule has 0 aliphatic rings. The van der Waals surface area contributed by atoms with Crippen LogP contribution >= 0.6 is 11.6 Å². The van der Waals surface area contributed by atoms with E-state index in [0.29, 0.717) is 28.6 Å². The summed E-state index contributed by atoms with van der Waals surface area (Å²) in [5.41, 5.74) is 3.22. The Morgan fingerprint density at radius 2 is 1.74 bits per heavy atom. The lowest BCUT2D eigenvalue weighted by Crippen LogP contribution is -2.34. The normalized spacial score (nSPS) is 11.6. The standard InChI is InChI=1S/C28H22ClFN6O2/c29-20-10-13-26(31-15-20)35-27(37)19-4-3-5-22(14-19)33-28(38)34-24(18-8-11-21(30)12-9-18)16-36-17-32-23-6-1-2-7-25(23)36/h1-15,17,24H,16H2,(H,31,35,37)(H2,33,34,38). The number of fused-ring (bicyclic) bond motifs is 1. The van der Waals surface area contributed by atoms with E-state index in [1.165, 1.54) is 18.3 Å². The van der Waals surface area contributed by atoms with E-state index < -0.39 is 12.1 Å². The number of para-hydroxylation sites is 2. The third-order valence-electron chi connectivity index (χ3n) is 5.84. The summed E-state index contributed by atoms with van der Waals surface area (Å²) in [7, 11) is 0. The molecule has 190 valence electrons. The molecule has 0 saturated carbocycles. The highest BCUT2D eigenvalue weighted by atomic mass is 35.5. The van der Waals surface area contributed by atoms with Gasteiger partial charge < -0.3 is 20.5 Å². The number of benzene rings is 3. The van der Waals surface area contributed by atoms with Crippen LogP contribution in [0.4, 0.5) is 20.7 Å². The maximum absolute atomic E-state index is 13.6. The summed E-state index contributed by atoms with van der Waals surface area (Å²) < 4.78 is 15.5. The lowest BCUT2D eigenvalue weighted by molar-refractivity contribution is 0.102. The number of halogens is 2. The Kier molecular flexibility index (Phi) is 7.28. The highest BCUT2D eigenvalue weighted by Gasteiger charge is 2.18. The molecule has 0 aliphatic heterocycles. The topological polar surface area (TPSA) is 101 Å². The Balaban J connectivity index is 1.31. The predicted octanol–water partition coefficient (Wildman–Crippen LogP) is 6.04. The molecule has 10 heteroatoms. The van der Waals surface area contributed by atoms with Crippen molar-refractivity contribution in [1.82, 2.24) is 19.9 Å². The second-order valence-corrected chi connectivity index (χ2v) is 8.92. The summed E-state index contributed by atoms with van der Waals surface area (Å²) in [4.78, 5) is 34.1. The van der Waals surface area contributed by atoms with Crippen molar-refractivity contribution in [1.29, 1.82) is 0 Å².